The number of sulfonamides is 1. The number of nitrogens with zero attached hydrogens (tertiary/aromatic N) is 3. The lowest BCUT2D eigenvalue weighted by Crippen LogP contribution is -2.33. The molecule has 0 aliphatic rings. The topological polar surface area (TPSA) is 67.2 Å². The average Bonchev–Trinajstić information content (AvgIpc) is 2.62. The smallest absolute Gasteiger partial charge is 0.257 e. The maximum atomic E-state index is 12.1. The molecule has 1 atom stereocenters. The van der Waals surface area contributed by atoms with E-state index in [1.165, 1.54) is 26.5 Å². The Morgan fingerprint density at radius 1 is 1.47 bits per heavy atom. The first-order chi connectivity index (χ1) is 8.70. The summed E-state index contributed by atoms with van der Waals surface area (Å²) < 4.78 is 49.8. The van der Waals surface area contributed by atoms with Gasteiger partial charge in [0, 0.05) is 26.3 Å². The lowest BCUT2D eigenvalue weighted by atomic mass is 10.4. The number of alkyl halides is 2. The Labute approximate surface area is 111 Å². The Kier molecular flexibility index (Phi) is 5.24. The minimum absolute atomic E-state index is 0.0833. The van der Waals surface area contributed by atoms with Crippen molar-refractivity contribution in [3.63, 3.8) is 0 Å². The average molecular weight is 296 g/mol. The molecule has 0 aliphatic carbocycles. The summed E-state index contributed by atoms with van der Waals surface area (Å²) in [5.74, 6) is -0.0833. The van der Waals surface area contributed by atoms with E-state index in [2.05, 4.69) is 10.4 Å². The van der Waals surface area contributed by atoms with Gasteiger partial charge in [0.2, 0.25) is 10.0 Å². The highest BCUT2D eigenvalue weighted by Crippen LogP contribution is 2.10. The Balaban J connectivity index is 2.58. The van der Waals surface area contributed by atoms with Gasteiger partial charge in [-0.15, -0.1) is 0 Å². The van der Waals surface area contributed by atoms with Crippen LogP contribution in [0.5, 0.6) is 0 Å². The summed E-state index contributed by atoms with van der Waals surface area (Å²) in [6, 6.07) is -0.350. The molecule has 1 heterocycles. The molecule has 1 aromatic rings. The van der Waals surface area contributed by atoms with Gasteiger partial charge in [0.1, 0.15) is 6.54 Å². The highest BCUT2D eigenvalue weighted by molar-refractivity contribution is 7.89. The predicted molar refractivity (Wildman–Crippen MR) is 68.8 cm³/mol. The minimum Gasteiger partial charge on any atom is -0.379 e. The van der Waals surface area contributed by atoms with Gasteiger partial charge < -0.3 is 5.32 Å². The molecule has 6 nitrogen and oxygen atoms in total. The van der Waals surface area contributed by atoms with Gasteiger partial charge in [-0.2, -0.15) is 5.10 Å². The van der Waals surface area contributed by atoms with Gasteiger partial charge >= 0.3 is 0 Å². The maximum Gasteiger partial charge on any atom is 0.257 e. The maximum absolute atomic E-state index is 12.1. The summed E-state index contributed by atoms with van der Waals surface area (Å²) in [5, 5.41) is 6.67. The van der Waals surface area contributed by atoms with E-state index in [-0.39, 0.29) is 11.8 Å². The van der Waals surface area contributed by atoms with Gasteiger partial charge in [-0.25, -0.2) is 21.5 Å². The Bertz CT molecular complexity index is 501. The van der Waals surface area contributed by atoms with Crippen molar-refractivity contribution in [2.45, 2.75) is 25.9 Å². The molecule has 0 radical (unpaired) electrons. The molecule has 0 aromatic carbocycles. The van der Waals surface area contributed by atoms with Crippen molar-refractivity contribution in [2.24, 2.45) is 0 Å². The largest absolute Gasteiger partial charge is 0.379 e. The number of anilines is 1. The Morgan fingerprint density at radius 3 is 2.63 bits per heavy atom. The fourth-order valence-corrected chi connectivity index (χ4v) is 2.48. The molecule has 0 fully saturated rings. The summed E-state index contributed by atoms with van der Waals surface area (Å²) in [6.45, 7) is 1.22. The van der Waals surface area contributed by atoms with E-state index >= 15 is 0 Å². The van der Waals surface area contributed by atoms with Crippen LogP contribution in [0.25, 0.3) is 0 Å². The predicted octanol–water partition coefficient (Wildman–Crippen LogP) is 0.840. The first-order valence-corrected chi connectivity index (χ1v) is 7.29. The highest BCUT2D eigenvalue weighted by Gasteiger charge is 2.18. The van der Waals surface area contributed by atoms with Gasteiger partial charge in [0.05, 0.1) is 17.6 Å². The van der Waals surface area contributed by atoms with Crippen molar-refractivity contribution in [1.82, 2.24) is 14.1 Å². The molecule has 1 aromatic heterocycles. The first kappa shape index (κ1) is 15.8. The van der Waals surface area contributed by atoms with E-state index in [0.717, 1.165) is 8.99 Å². The van der Waals surface area contributed by atoms with Crippen LogP contribution in [0.3, 0.4) is 0 Å². The van der Waals surface area contributed by atoms with Crippen LogP contribution in [-0.2, 0) is 16.6 Å². The molecular formula is C10H18F2N4O2S. The normalized spacial score (nSPS) is 14.1. The third kappa shape index (κ3) is 5.11. The SMILES string of the molecule is CC(CS(=O)(=O)N(C)C)Nc1cnn(CC(F)F)c1. The highest BCUT2D eigenvalue weighted by atomic mass is 32.2. The zero-order valence-electron chi connectivity index (χ0n) is 11.0. The Hall–Kier alpha value is -1.22. The monoisotopic (exact) mass is 296 g/mol. The van der Waals surface area contributed by atoms with Crippen LogP contribution < -0.4 is 5.32 Å². The van der Waals surface area contributed by atoms with Crippen LogP contribution in [0, 0.1) is 0 Å². The van der Waals surface area contributed by atoms with Gasteiger partial charge in [0.15, 0.2) is 0 Å². The number of aromatic nitrogens is 2. The summed E-state index contributed by atoms with van der Waals surface area (Å²) in [5.41, 5.74) is 0.516. The molecule has 1 rings (SSSR count). The molecule has 0 aliphatic heterocycles. The van der Waals surface area contributed by atoms with Gasteiger partial charge in [-0.3, -0.25) is 4.68 Å². The molecule has 1 N–H and O–H groups in total. The van der Waals surface area contributed by atoms with Crippen molar-refractivity contribution in [3.8, 4) is 0 Å². The number of nitrogens with one attached hydrogen (secondary N) is 1. The fourth-order valence-electron chi connectivity index (χ4n) is 1.47. The molecule has 1 unspecified atom stereocenters. The lowest BCUT2D eigenvalue weighted by molar-refractivity contribution is 0.122. The van der Waals surface area contributed by atoms with Crippen molar-refractivity contribution < 1.29 is 17.2 Å². The second kappa shape index (κ2) is 6.29. The van der Waals surface area contributed by atoms with E-state index in [0.29, 0.717) is 5.69 Å². The van der Waals surface area contributed by atoms with Crippen LogP contribution >= 0.6 is 0 Å². The molecule has 0 bridgehead atoms. The lowest BCUT2D eigenvalue weighted by Gasteiger charge is -2.17. The zero-order chi connectivity index (χ0) is 14.6. The van der Waals surface area contributed by atoms with Crippen molar-refractivity contribution in [2.75, 3.05) is 25.2 Å². The zero-order valence-corrected chi connectivity index (χ0v) is 11.9. The van der Waals surface area contributed by atoms with Crippen LogP contribution in [0.2, 0.25) is 0 Å². The number of hydrogen-bond acceptors (Lipinski definition) is 4. The molecule has 110 valence electrons. The second-order valence-corrected chi connectivity index (χ2v) is 6.68. The number of hydrogen-bond donors (Lipinski definition) is 1. The van der Waals surface area contributed by atoms with Crippen molar-refractivity contribution >= 4 is 15.7 Å². The molecule has 0 amide bonds. The number of rotatable bonds is 7. The van der Waals surface area contributed by atoms with Crippen LogP contribution in [0.15, 0.2) is 12.4 Å². The van der Waals surface area contributed by atoms with E-state index in [1.807, 2.05) is 0 Å². The minimum atomic E-state index is -3.31. The summed E-state index contributed by atoms with van der Waals surface area (Å²) in [4.78, 5) is 0. The van der Waals surface area contributed by atoms with Crippen molar-refractivity contribution in [3.05, 3.63) is 12.4 Å². The van der Waals surface area contributed by atoms with Crippen molar-refractivity contribution in [1.29, 1.82) is 0 Å². The molecular weight excluding hydrogens is 278 g/mol. The molecule has 0 spiro atoms. The van der Waals surface area contributed by atoms with Crippen LogP contribution in [-0.4, -0.2) is 54.8 Å². The third-order valence-electron chi connectivity index (χ3n) is 2.39. The summed E-state index contributed by atoms with van der Waals surface area (Å²) in [6.07, 6.45) is 0.339. The molecule has 0 saturated heterocycles. The van der Waals surface area contributed by atoms with E-state index in [9.17, 15) is 17.2 Å². The quantitative estimate of drug-likeness (QED) is 0.809. The molecule has 0 saturated carbocycles. The second-order valence-electron chi connectivity index (χ2n) is 4.45. The first-order valence-electron chi connectivity index (χ1n) is 5.68. The van der Waals surface area contributed by atoms with E-state index in [4.69, 9.17) is 0 Å². The fraction of sp³-hybridized carbons (Fsp3) is 0.700. The molecule has 9 heteroatoms. The standard InChI is InChI=1S/C10H18F2N4O2S/c1-8(7-19(17,18)15(2)3)14-9-4-13-16(5-9)6-10(11)12/h4-5,8,10,14H,6-7H2,1-3H3. The summed E-state index contributed by atoms with van der Waals surface area (Å²) in [7, 11) is -0.384. The number of halogens is 2. The van der Waals surface area contributed by atoms with Gasteiger partial charge in [0.25, 0.3) is 6.43 Å². The van der Waals surface area contributed by atoms with Crippen LogP contribution in [0.1, 0.15) is 6.92 Å². The Morgan fingerprint density at radius 2 is 2.11 bits per heavy atom. The van der Waals surface area contributed by atoms with Crippen LogP contribution in [0.4, 0.5) is 14.5 Å². The van der Waals surface area contributed by atoms with Gasteiger partial charge in [-0.1, -0.05) is 0 Å². The van der Waals surface area contributed by atoms with E-state index < -0.39 is 23.0 Å². The van der Waals surface area contributed by atoms with Gasteiger partial charge in [-0.05, 0) is 6.92 Å². The molecule has 19 heavy (non-hydrogen) atoms. The third-order valence-corrected chi connectivity index (χ3v) is 4.42. The summed E-state index contributed by atoms with van der Waals surface area (Å²) >= 11 is 0. The van der Waals surface area contributed by atoms with E-state index in [1.54, 1.807) is 6.92 Å².